The van der Waals surface area contributed by atoms with Crippen LogP contribution in [-0.2, 0) is 4.84 Å². The van der Waals surface area contributed by atoms with E-state index in [1.165, 1.54) is 31.6 Å². The van der Waals surface area contributed by atoms with Crippen molar-refractivity contribution in [2.45, 2.75) is 39.2 Å². The molecule has 0 aromatic rings. The fourth-order valence-corrected chi connectivity index (χ4v) is 2.08. The number of nitrogens with zero attached hydrogens (tertiary/aromatic N) is 2. The van der Waals surface area contributed by atoms with E-state index in [2.05, 4.69) is 10.1 Å². The molecule has 4 heteroatoms. The molecule has 0 amide bonds. The van der Waals surface area contributed by atoms with Gasteiger partial charge < -0.3 is 4.84 Å². The van der Waals surface area contributed by atoms with Gasteiger partial charge in [-0.25, -0.2) is 0 Å². The summed E-state index contributed by atoms with van der Waals surface area (Å²) >= 11 is 0. The highest BCUT2D eigenvalue weighted by Crippen LogP contribution is 2.25. The first-order valence-corrected chi connectivity index (χ1v) is 5.52. The zero-order valence-corrected chi connectivity index (χ0v) is 10.6. The number of fused-ring (bicyclic) bond motifs is 3. The van der Waals surface area contributed by atoms with Crippen LogP contribution in [-0.4, -0.2) is 35.8 Å². The molecule has 3 nitrogen and oxygen atoms in total. The van der Waals surface area contributed by atoms with Gasteiger partial charge in [-0.1, -0.05) is 5.16 Å². The third kappa shape index (κ3) is 3.35. The number of oxime groups is 1. The maximum absolute atomic E-state index is 5.48. The summed E-state index contributed by atoms with van der Waals surface area (Å²) in [4.78, 5) is 7.95. The van der Waals surface area contributed by atoms with Crippen LogP contribution >= 0.6 is 12.4 Å². The van der Waals surface area contributed by atoms with Gasteiger partial charge in [0, 0.05) is 12.5 Å². The third-order valence-corrected chi connectivity index (χ3v) is 2.88. The average Bonchev–Trinajstić information content (AvgIpc) is 2.16. The number of piperidine rings is 3. The molecule has 0 atom stereocenters. The van der Waals surface area contributed by atoms with Gasteiger partial charge in [0.25, 0.3) is 0 Å². The van der Waals surface area contributed by atoms with Gasteiger partial charge in [-0.15, -0.1) is 12.4 Å². The fraction of sp³-hybridized carbons (Fsp3) is 0.909. The van der Waals surface area contributed by atoms with E-state index < -0.39 is 0 Å². The molecule has 0 aliphatic carbocycles. The monoisotopic (exact) mass is 232 g/mol. The summed E-state index contributed by atoms with van der Waals surface area (Å²) in [5.74, 6) is 0.697. The molecular weight excluding hydrogens is 212 g/mol. The summed E-state index contributed by atoms with van der Waals surface area (Å²) < 4.78 is 0. The molecule has 3 aliphatic heterocycles. The van der Waals surface area contributed by atoms with Crippen molar-refractivity contribution in [3.8, 4) is 0 Å². The Kier molecular flexibility index (Phi) is 4.01. The van der Waals surface area contributed by atoms with Crippen molar-refractivity contribution in [1.82, 2.24) is 4.90 Å². The maximum Gasteiger partial charge on any atom is 0.129 e. The van der Waals surface area contributed by atoms with Crippen molar-refractivity contribution in [3.63, 3.8) is 0 Å². The standard InChI is InChI=1S/C11H20N2O.ClH/c1-11(2,3)14-12-10-8-13-6-4-9(10)5-7-13;/h9H,4-8H2,1-3H3;1H/b12-10+;. The Bertz CT molecular complexity index is 239. The Morgan fingerprint density at radius 3 is 2.27 bits per heavy atom. The van der Waals surface area contributed by atoms with E-state index in [-0.39, 0.29) is 18.0 Å². The van der Waals surface area contributed by atoms with Crippen LogP contribution in [0.4, 0.5) is 0 Å². The molecular formula is C11H21ClN2O. The van der Waals surface area contributed by atoms with Gasteiger partial charge in [-0.05, 0) is 46.7 Å². The molecule has 2 bridgehead atoms. The van der Waals surface area contributed by atoms with Crippen molar-refractivity contribution in [3.05, 3.63) is 0 Å². The van der Waals surface area contributed by atoms with Crippen molar-refractivity contribution in [2.75, 3.05) is 19.6 Å². The molecule has 0 saturated carbocycles. The van der Waals surface area contributed by atoms with Gasteiger partial charge in [0.2, 0.25) is 0 Å². The molecule has 0 spiro atoms. The quantitative estimate of drug-likeness (QED) is 0.649. The lowest BCUT2D eigenvalue weighted by molar-refractivity contribution is -0.00237. The molecule has 3 heterocycles. The largest absolute Gasteiger partial charge is 0.390 e. The van der Waals surface area contributed by atoms with Crippen LogP contribution in [0.15, 0.2) is 5.16 Å². The van der Waals surface area contributed by atoms with Gasteiger partial charge in [-0.3, -0.25) is 4.90 Å². The molecule has 0 aromatic heterocycles. The molecule has 0 N–H and O–H groups in total. The van der Waals surface area contributed by atoms with Crippen LogP contribution in [0.2, 0.25) is 0 Å². The molecule has 88 valence electrons. The SMILES string of the molecule is CC(C)(C)O/N=C1\CN2CCC1CC2.Cl. The van der Waals surface area contributed by atoms with E-state index in [0.29, 0.717) is 5.92 Å². The topological polar surface area (TPSA) is 24.8 Å². The summed E-state index contributed by atoms with van der Waals surface area (Å²) in [7, 11) is 0. The summed E-state index contributed by atoms with van der Waals surface area (Å²) in [5, 5.41) is 4.31. The Balaban J connectivity index is 0.00000112. The zero-order chi connectivity index (χ0) is 10.2. The maximum atomic E-state index is 5.48. The predicted molar refractivity (Wildman–Crippen MR) is 64.7 cm³/mol. The first-order chi connectivity index (χ1) is 6.54. The minimum atomic E-state index is -0.154. The van der Waals surface area contributed by atoms with Gasteiger partial charge >= 0.3 is 0 Å². The Morgan fingerprint density at radius 1 is 1.27 bits per heavy atom. The Labute approximate surface area is 98.3 Å². The minimum absolute atomic E-state index is 0. The van der Waals surface area contributed by atoms with Crippen molar-refractivity contribution in [1.29, 1.82) is 0 Å². The van der Waals surface area contributed by atoms with Gasteiger partial charge in [0.15, 0.2) is 0 Å². The predicted octanol–water partition coefficient (Wildman–Crippen LogP) is 2.30. The van der Waals surface area contributed by atoms with E-state index in [4.69, 9.17) is 4.84 Å². The Morgan fingerprint density at radius 2 is 1.87 bits per heavy atom. The van der Waals surface area contributed by atoms with E-state index in [1.807, 2.05) is 20.8 Å². The smallest absolute Gasteiger partial charge is 0.129 e. The van der Waals surface area contributed by atoms with Gasteiger partial charge in [0.1, 0.15) is 5.60 Å². The normalized spacial score (nSPS) is 32.6. The van der Waals surface area contributed by atoms with E-state index in [9.17, 15) is 0 Å². The molecule has 15 heavy (non-hydrogen) atoms. The average molecular weight is 233 g/mol. The number of hydrogen-bond donors (Lipinski definition) is 0. The first-order valence-electron chi connectivity index (χ1n) is 5.52. The van der Waals surface area contributed by atoms with E-state index in [0.717, 1.165) is 6.54 Å². The summed E-state index contributed by atoms with van der Waals surface area (Å²) in [6.45, 7) is 9.65. The molecule has 3 rings (SSSR count). The molecule has 3 aliphatic rings. The second kappa shape index (κ2) is 4.71. The van der Waals surface area contributed by atoms with Crippen molar-refractivity contribution in [2.24, 2.45) is 11.1 Å². The third-order valence-electron chi connectivity index (χ3n) is 2.88. The highest BCUT2D eigenvalue weighted by Gasteiger charge is 2.31. The summed E-state index contributed by atoms with van der Waals surface area (Å²) in [5.41, 5.74) is 1.11. The van der Waals surface area contributed by atoms with Crippen molar-refractivity contribution < 1.29 is 4.84 Å². The van der Waals surface area contributed by atoms with Crippen LogP contribution in [0.5, 0.6) is 0 Å². The molecule has 3 saturated heterocycles. The molecule has 0 aromatic carbocycles. The lowest BCUT2D eigenvalue weighted by Gasteiger charge is -2.39. The summed E-state index contributed by atoms with van der Waals surface area (Å²) in [6.07, 6.45) is 2.54. The minimum Gasteiger partial charge on any atom is -0.390 e. The molecule has 0 radical (unpaired) electrons. The second-order valence-corrected chi connectivity index (χ2v) is 5.34. The number of hydrogen-bond acceptors (Lipinski definition) is 3. The first kappa shape index (κ1) is 12.8. The van der Waals surface area contributed by atoms with E-state index >= 15 is 0 Å². The highest BCUT2D eigenvalue weighted by atomic mass is 35.5. The lowest BCUT2D eigenvalue weighted by Crippen LogP contribution is -2.48. The summed E-state index contributed by atoms with van der Waals surface area (Å²) in [6, 6.07) is 0. The highest BCUT2D eigenvalue weighted by molar-refractivity contribution is 5.89. The zero-order valence-electron chi connectivity index (χ0n) is 9.82. The molecule has 3 fully saturated rings. The lowest BCUT2D eigenvalue weighted by atomic mass is 9.87. The Hall–Kier alpha value is -0.280. The van der Waals surface area contributed by atoms with Crippen LogP contribution in [0, 0.1) is 5.92 Å². The van der Waals surface area contributed by atoms with Gasteiger partial charge in [-0.2, -0.15) is 0 Å². The van der Waals surface area contributed by atoms with Gasteiger partial charge in [0.05, 0.1) is 5.71 Å². The fourth-order valence-electron chi connectivity index (χ4n) is 2.08. The second-order valence-electron chi connectivity index (χ2n) is 5.34. The number of rotatable bonds is 1. The van der Waals surface area contributed by atoms with E-state index in [1.54, 1.807) is 0 Å². The van der Waals surface area contributed by atoms with Crippen molar-refractivity contribution >= 4 is 18.1 Å². The molecule has 0 unspecified atom stereocenters. The van der Waals surface area contributed by atoms with Crippen LogP contribution in [0.1, 0.15) is 33.6 Å². The van der Waals surface area contributed by atoms with Crippen LogP contribution in [0.3, 0.4) is 0 Å². The number of halogens is 1. The van der Waals surface area contributed by atoms with Crippen LogP contribution < -0.4 is 0 Å². The van der Waals surface area contributed by atoms with Crippen LogP contribution in [0.25, 0.3) is 0 Å².